The third-order valence-electron chi connectivity index (χ3n) is 0.477. The highest BCUT2D eigenvalue weighted by Crippen LogP contribution is 1.76. The summed E-state index contributed by atoms with van der Waals surface area (Å²) in [5.41, 5.74) is 0. The molecule has 62 valence electrons. The third-order valence-corrected chi connectivity index (χ3v) is 1.26. The van der Waals surface area contributed by atoms with E-state index in [1.165, 1.54) is 0 Å². The van der Waals surface area contributed by atoms with Gasteiger partial charge in [0.15, 0.2) is 0 Å². The second-order valence-electron chi connectivity index (χ2n) is 1.11. The predicted molar refractivity (Wildman–Crippen MR) is 32.5 cm³/mol. The van der Waals surface area contributed by atoms with Gasteiger partial charge in [-0.05, 0) is 0 Å². The van der Waals surface area contributed by atoms with Gasteiger partial charge in [-0.2, -0.15) is 0 Å². The van der Waals surface area contributed by atoms with E-state index in [0.717, 1.165) is 0 Å². The zero-order chi connectivity index (χ0) is 7.98. The first-order valence-electron chi connectivity index (χ1n) is 2.17. The number of hydrogen-bond donors (Lipinski definition) is 2. The van der Waals surface area contributed by atoms with Crippen LogP contribution in [0.1, 0.15) is 0 Å². The van der Waals surface area contributed by atoms with Crippen molar-refractivity contribution in [3.63, 3.8) is 0 Å². The molecular weight excluding hydrogens is 184 g/mol. The lowest BCUT2D eigenvalue weighted by Gasteiger charge is -1.91. The predicted octanol–water partition coefficient (Wildman–Crippen LogP) is -1.93. The van der Waals surface area contributed by atoms with Crippen molar-refractivity contribution < 1.29 is 25.2 Å². The first-order valence-corrected chi connectivity index (χ1v) is 4.36. The first-order chi connectivity index (χ1) is 4.63. The van der Waals surface area contributed by atoms with E-state index in [-0.39, 0.29) is 13.2 Å². The largest absolute Gasteiger partial charge is 0.270 e. The molecule has 8 heteroatoms. The van der Waals surface area contributed by atoms with Crippen LogP contribution in [0.3, 0.4) is 0 Å². The zero-order valence-corrected chi connectivity index (χ0v) is 6.55. The summed E-state index contributed by atoms with van der Waals surface area (Å²) in [6.45, 7) is -0.552. The molecule has 0 N–H and O–H groups in total. The van der Waals surface area contributed by atoms with Crippen LogP contribution >= 0.6 is 0 Å². The van der Waals surface area contributed by atoms with Crippen molar-refractivity contribution in [2.45, 2.75) is 0 Å². The Morgan fingerprint density at radius 3 is 1.30 bits per heavy atom. The molecule has 0 aliphatic rings. The Bertz CT molecular complexity index is 174. The van der Waals surface area contributed by atoms with Crippen molar-refractivity contribution in [1.29, 1.82) is 0 Å². The third kappa shape index (κ3) is 7.82. The maximum Gasteiger partial charge on any atom is 0.257 e. The molecule has 0 heterocycles. The molecule has 0 aromatic rings. The number of thiol groups is 2. The van der Waals surface area contributed by atoms with E-state index in [4.69, 9.17) is 0 Å². The molecule has 0 aliphatic heterocycles. The van der Waals surface area contributed by atoms with Gasteiger partial charge in [0.25, 0.3) is 22.0 Å². The SMILES string of the molecule is O=[SH](=O)OCCO[SH](=O)=O. The van der Waals surface area contributed by atoms with Crippen LogP contribution in [-0.2, 0) is 30.3 Å². The van der Waals surface area contributed by atoms with Crippen molar-refractivity contribution in [1.82, 2.24) is 0 Å². The van der Waals surface area contributed by atoms with Gasteiger partial charge in [0, 0.05) is 0 Å². The van der Waals surface area contributed by atoms with Gasteiger partial charge < -0.3 is 0 Å². The molecule has 0 aliphatic carbocycles. The minimum Gasteiger partial charge on any atom is -0.270 e. The summed E-state index contributed by atoms with van der Waals surface area (Å²) < 4.78 is 46.5. The lowest BCUT2D eigenvalue weighted by atomic mass is 10.8. The molecule has 0 unspecified atom stereocenters. The standard InChI is InChI=1S/C2H6O6S2/c3-9(4)7-1-2-8-10(5)6/h9-10H,1-2H2. The normalized spacial score (nSPS) is 11.0. The van der Waals surface area contributed by atoms with Gasteiger partial charge in [0.1, 0.15) is 0 Å². The topological polar surface area (TPSA) is 86.7 Å². The maximum atomic E-state index is 9.65. The Hall–Kier alpha value is -0.180. The van der Waals surface area contributed by atoms with Crippen molar-refractivity contribution in [3.05, 3.63) is 0 Å². The van der Waals surface area contributed by atoms with Gasteiger partial charge in [0.2, 0.25) is 0 Å². The molecule has 0 fully saturated rings. The van der Waals surface area contributed by atoms with E-state index in [1.54, 1.807) is 0 Å². The fraction of sp³-hybridized carbons (Fsp3) is 1.00. The van der Waals surface area contributed by atoms with E-state index < -0.39 is 22.0 Å². The van der Waals surface area contributed by atoms with Crippen LogP contribution in [0.25, 0.3) is 0 Å². The molecule has 0 atom stereocenters. The highest BCUT2D eigenvalue weighted by Gasteiger charge is 1.88. The average molecular weight is 190 g/mol. The fourth-order valence-corrected chi connectivity index (χ4v) is 0.671. The van der Waals surface area contributed by atoms with Crippen LogP contribution in [0, 0.1) is 0 Å². The van der Waals surface area contributed by atoms with Gasteiger partial charge >= 0.3 is 0 Å². The second-order valence-corrected chi connectivity index (χ2v) is 2.52. The molecule has 0 saturated carbocycles. The Labute approximate surface area is 61.1 Å². The molecule has 6 nitrogen and oxygen atoms in total. The molecule has 0 radical (unpaired) electrons. The average Bonchev–Trinajstić information content (AvgIpc) is 1.79. The molecule has 0 rings (SSSR count). The van der Waals surface area contributed by atoms with Gasteiger partial charge in [-0.15, -0.1) is 0 Å². The first kappa shape index (κ1) is 9.82. The Kier molecular flexibility index (Phi) is 5.49. The highest BCUT2D eigenvalue weighted by atomic mass is 32.2. The monoisotopic (exact) mass is 190 g/mol. The molecule has 0 bridgehead atoms. The van der Waals surface area contributed by atoms with E-state index >= 15 is 0 Å². The molecule has 0 spiro atoms. The Morgan fingerprint density at radius 2 is 1.10 bits per heavy atom. The summed E-state index contributed by atoms with van der Waals surface area (Å²) in [6.07, 6.45) is 0. The van der Waals surface area contributed by atoms with Crippen molar-refractivity contribution in [2.75, 3.05) is 13.2 Å². The van der Waals surface area contributed by atoms with E-state index in [9.17, 15) is 16.8 Å². The molecule has 0 saturated heterocycles. The minimum atomic E-state index is -2.91. The smallest absolute Gasteiger partial charge is 0.257 e. The summed E-state index contributed by atoms with van der Waals surface area (Å²) >= 11 is 0. The fourth-order valence-electron chi connectivity index (χ4n) is 0.224. The molecule has 0 aromatic carbocycles. The van der Waals surface area contributed by atoms with E-state index in [1.807, 2.05) is 0 Å². The maximum absolute atomic E-state index is 9.65. The second kappa shape index (κ2) is 5.59. The lowest BCUT2D eigenvalue weighted by molar-refractivity contribution is 0.237. The van der Waals surface area contributed by atoms with Crippen molar-refractivity contribution in [2.24, 2.45) is 0 Å². The lowest BCUT2D eigenvalue weighted by Crippen LogP contribution is -2.01. The number of rotatable bonds is 5. The van der Waals surface area contributed by atoms with Gasteiger partial charge in [-0.3, -0.25) is 8.37 Å². The van der Waals surface area contributed by atoms with Gasteiger partial charge in [-0.1, -0.05) is 0 Å². The minimum absolute atomic E-state index is 0.276. The Morgan fingerprint density at radius 1 is 0.800 bits per heavy atom. The van der Waals surface area contributed by atoms with Crippen LogP contribution in [-0.4, -0.2) is 30.0 Å². The van der Waals surface area contributed by atoms with Gasteiger partial charge in [0.05, 0.1) is 13.2 Å². The molecular formula is C2H6O6S2. The number of hydrogen-bond acceptors (Lipinski definition) is 6. The van der Waals surface area contributed by atoms with Crippen LogP contribution in [0.5, 0.6) is 0 Å². The summed E-state index contributed by atoms with van der Waals surface area (Å²) in [7, 11) is -5.82. The summed E-state index contributed by atoms with van der Waals surface area (Å²) in [5.74, 6) is 0. The summed E-state index contributed by atoms with van der Waals surface area (Å²) in [5, 5.41) is 0. The van der Waals surface area contributed by atoms with Gasteiger partial charge in [-0.25, -0.2) is 16.8 Å². The summed E-state index contributed by atoms with van der Waals surface area (Å²) in [6, 6.07) is 0. The van der Waals surface area contributed by atoms with E-state index in [0.29, 0.717) is 0 Å². The molecule has 0 aromatic heterocycles. The zero-order valence-electron chi connectivity index (χ0n) is 4.76. The van der Waals surface area contributed by atoms with Crippen LogP contribution in [0.15, 0.2) is 0 Å². The van der Waals surface area contributed by atoms with Crippen LogP contribution in [0.4, 0.5) is 0 Å². The highest BCUT2D eigenvalue weighted by molar-refractivity contribution is 7.67. The van der Waals surface area contributed by atoms with Crippen molar-refractivity contribution in [3.8, 4) is 0 Å². The quantitative estimate of drug-likeness (QED) is 0.388. The Balaban J connectivity index is 3.21. The van der Waals surface area contributed by atoms with Crippen molar-refractivity contribution >= 4 is 22.0 Å². The van der Waals surface area contributed by atoms with E-state index in [2.05, 4.69) is 8.37 Å². The van der Waals surface area contributed by atoms with Crippen LogP contribution in [0.2, 0.25) is 0 Å². The summed E-state index contributed by atoms with van der Waals surface area (Å²) in [4.78, 5) is 0. The van der Waals surface area contributed by atoms with Crippen LogP contribution < -0.4 is 0 Å². The molecule has 0 amide bonds. The molecule has 10 heavy (non-hydrogen) atoms.